The molecule has 0 aliphatic heterocycles. The number of ether oxygens (including phenoxy) is 1. The number of hydrogen-bond donors (Lipinski definition) is 1. The largest absolute Gasteiger partial charge is 0.497 e. The Morgan fingerprint density at radius 1 is 1.32 bits per heavy atom. The van der Waals surface area contributed by atoms with Crippen LogP contribution in [0, 0.1) is 0 Å². The lowest BCUT2D eigenvalue weighted by Gasteiger charge is -2.13. The summed E-state index contributed by atoms with van der Waals surface area (Å²) in [5.41, 5.74) is 7.30. The minimum atomic E-state index is -0.0780. The molecular weight excluding hydrogens is 240 g/mol. The molecule has 1 heterocycles. The van der Waals surface area contributed by atoms with Crippen LogP contribution in [0.25, 0.3) is 0 Å². The molecule has 1 unspecified atom stereocenters. The van der Waals surface area contributed by atoms with Crippen LogP contribution < -0.4 is 10.5 Å². The summed E-state index contributed by atoms with van der Waals surface area (Å²) in [5, 5.41) is 4.21. The highest BCUT2D eigenvalue weighted by Crippen LogP contribution is 2.18. The summed E-state index contributed by atoms with van der Waals surface area (Å²) >= 11 is 0. The minimum Gasteiger partial charge on any atom is -0.497 e. The van der Waals surface area contributed by atoms with Crippen LogP contribution >= 0.6 is 0 Å². The quantitative estimate of drug-likeness (QED) is 0.862. The molecule has 0 bridgehead atoms. The van der Waals surface area contributed by atoms with Crippen molar-refractivity contribution in [3.63, 3.8) is 0 Å². The van der Waals surface area contributed by atoms with E-state index in [0.717, 1.165) is 30.1 Å². The van der Waals surface area contributed by atoms with E-state index in [1.54, 1.807) is 13.4 Å². The molecule has 0 spiro atoms. The first-order chi connectivity index (χ1) is 9.24. The zero-order valence-corrected chi connectivity index (χ0v) is 11.4. The fraction of sp³-hybridized carbons (Fsp3) is 0.429. The molecule has 5 nitrogen and oxygen atoms in total. The van der Waals surface area contributed by atoms with Gasteiger partial charge < -0.3 is 10.5 Å². The van der Waals surface area contributed by atoms with Crippen molar-refractivity contribution in [1.82, 2.24) is 14.8 Å². The monoisotopic (exact) mass is 260 g/mol. The molecule has 0 aliphatic carbocycles. The third-order valence-corrected chi connectivity index (χ3v) is 3.08. The Morgan fingerprint density at radius 2 is 2.05 bits per heavy atom. The van der Waals surface area contributed by atoms with Crippen LogP contribution in [0.1, 0.15) is 30.8 Å². The number of nitrogens with two attached hydrogens (primary N) is 1. The van der Waals surface area contributed by atoms with Gasteiger partial charge in [-0.1, -0.05) is 19.1 Å². The molecule has 102 valence electrons. The molecule has 0 saturated heterocycles. The van der Waals surface area contributed by atoms with Crippen LogP contribution in [0.4, 0.5) is 0 Å². The number of rotatable bonds is 6. The Bertz CT molecular complexity index is 506. The number of aromatic nitrogens is 3. The fourth-order valence-electron chi connectivity index (χ4n) is 2.01. The van der Waals surface area contributed by atoms with Gasteiger partial charge in [-0.3, -0.25) is 4.68 Å². The lowest BCUT2D eigenvalue weighted by atomic mass is 10.0. The van der Waals surface area contributed by atoms with E-state index in [9.17, 15) is 0 Å². The third kappa shape index (κ3) is 3.32. The first-order valence-corrected chi connectivity index (χ1v) is 6.50. The number of aryl methyl sites for hydroxylation is 1. The van der Waals surface area contributed by atoms with Gasteiger partial charge in [0, 0.05) is 19.0 Å². The number of benzene rings is 1. The molecule has 1 atom stereocenters. The van der Waals surface area contributed by atoms with E-state index in [-0.39, 0.29) is 6.04 Å². The van der Waals surface area contributed by atoms with Crippen molar-refractivity contribution in [3.8, 4) is 5.75 Å². The van der Waals surface area contributed by atoms with Crippen LogP contribution in [-0.4, -0.2) is 21.9 Å². The molecule has 0 fully saturated rings. The second-order valence-corrected chi connectivity index (χ2v) is 4.48. The van der Waals surface area contributed by atoms with Crippen molar-refractivity contribution in [2.45, 2.75) is 32.4 Å². The first-order valence-electron chi connectivity index (χ1n) is 6.50. The predicted octanol–water partition coefficient (Wildman–Crippen LogP) is 1.94. The predicted molar refractivity (Wildman–Crippen MR) is 73.9 cm³/mol. The maximum Gasteiger partial charge on any atom is 0.138 e. The lowest BCUT2D eigenvalue weighted by molar-refractivity contribution is 0.414. The topological polar surface area (TPSA) is 66.0 Å². The molecule has 2 N–H and O–H groups in total. The minimum absolute atomic E-state index is 0.0780. The second kappa shape index (κ2) is 6.33. The average molecular weight is 260 g/mol. The summed E-state index contributed by atoms with van der Waals surface area (Å²) < 4.78 is 7.06. The summed E-state index contributed by atoms with van der Waals surface area (Å²) in [4.78, 5) is 4.28. The van der Waals surface area contributed by atoms with Crippen molar-refractivity contribution >= 4 is 0 Å². The Morgan fingerprint density at radius 3 is 2.68 bits per heavy atom. The van der Waals surface area contributed by atoms with Crippen LogP contribution in [0.3, 0.4) is 0 Å². The molecule has 1 aromatic carbocycles. The van der Waals surface area contributed by atoms with Gasteiger partial charge in [-0.2, -0.15) is 5.10 Å². The van der Waals surface area contributed by atoms with Gasteiger partial charge in [-0.15, -0.1) is 0 Å². The molecule has 2 aromatic rings. The number of hydrogen-bond acceptors (Lipinski definition) is 4. The van der Waals surface area contributed by atoms with Gasteiger partial charge >= 0.3 is 0 Å². The zero-order chi connectivity index (χ0) is 13.7. The Hall–Kier alpha value is -1.88. The molecule has 0 aliphatic rings. The average Bonchev–Trinajstić information content (AvgIpc) is 2.86. The summed E-state index contributed by atoms with van der Waals surface area (Å²) in [6.07, 6.45) is 3.31. The molecule has 19 heavy (non-hydrogen) atoms. The Kier molecular flexibility index (Phi) is 4.52. The molecule has 0 saturated carbocycles. The Labute approximate surface area is 113 Å². The second-order valence-electron chi connectivity index (χ2n) is 4.48. The van der Waals surface area contributed by atoms with E-state index in [2.05, 4.69) is 17.0 Å². The van der Waals surface area contributed by atoms with Gasteiger partial charge in [0.1, 0.15) is 17.9 Å². The fourth-order valence-corrected chi connectivity index (χ4v) is 2.01. The van der Waals surface area contributed by atoms with E-state index >= 15 is 0 Å². The lowest BCUT2D eigenvalue weighted by Crippen LogP contribution is -2.17. The van der Waals surface area contributed by atoms with Crippen molar-refractivity contribution < 1.29 is 4.74 Å². The first kappa shape index (κ1) is 13.5. The van der Waals surface area contributed by atoms with Gasteiger partial charge in [0.05, 0.1) is 7.11 Å². The smallest absolute Gasteiger partial charge is 0.138 e. The molecule has 2 rings (SSSR count). The van der Waals surface area contributed by atoms with Gasteiger partial charge in [-0.25, -0.2) is 4.98 Å². The SMILES string of the molecule is CCCn1ncnc1CC(N)c1ccc(OC)cc1. The normalized spacial score (nSPS) is 12.4. The Balaban J connectivity index is 2.06. The van der Waals surface area contributed by atoms with Crippen molar-refractivity contribution in [3.05, 3.63) is 42.0 Å². The van der Waals surface area contributed by atoms with E-state index in [4.69, 9.17) is 10.5 Å². The molecular formula is C14H20N4O. The van der Waals surface area contributed by atoms with E-state index < -0.39 is 0 Å². The maximum atomic E-state index is 6.22. The van der Waals surface area contributed by atoms with E-state index in [0.29, 0.717) is 6.42 Å². The van der Waals surface area contributed by atoms with Crippen LogP contribution in [-0.2, 0) is 13.0 Å². The maximum absolute atomic E-state index is 6.22. The van der Waals surface area contributed by atoms with Gasteiger partial charge in [0.15, 0.2) is 0 Å². The summed E-state index contributed by atoms with van der Waals surface area (Å²) in [5.74, 6) is 1.77. The van der Waals surface area contributed by atoms with Gasteiger partial charge in [0.2, 0.25) is 0 Å². The summed E-state index contributed by atoms with van der Waals surface area (Å²) in [6.45, 7) is 3.00. The molecule has 0 amide bonds. The van der Waals surface area contributed by atoms with Crippen molar-refractivity contribution in [1.29, 1.82) is 0 Å². The highest BCUT2D eigenvalue weighted by molar-refractivity contribution is 5.29. The van der Waals surface area contributed by atoms with Crippen LogP contribution in [0.5, 0.6) is 5.75 Å². The molecule has 0 radical (unpaired) electrons. The summed E-state index contributed by atoms with van der Waals surface area (Å²) in [6, 6.07) is 7.75. The molecule has 5 heteroatoms. The highest BCUT2D eigenvalue weighted by Gasteiger charge is 2.11. The van der Waals surface area contributed by atoms with E-state index in [1.807, 2.05) is 28.9 Å². The summed E-state index contributed by atoms with van der Waals surface area (Å²) in [7, 11) is 1.65. The number of methoxy groups -OCH3 is 1. The highest BCUT2D eigenvalue weighted by atomic mass is 16.5. The third-order valence-electron chi connectivity index (χ3n) is 3.08. The molecule has 1 aromatic heterocycles. The van der Waals surface area contributed by atoms with Crippen LogP contribution in [0.15, 0.2) is 30.6 Å². The van der Waals surface area contributed by atoms with Gasteiger partial charge in [-0.05, 0) is 24.1 Å². The van der Waals surface area contributed by atoms with E-state index in [1.165, 1.54) is 0 Å². The van der Waals surface area contributed by atoms with Crippen LogP contribution in [0.2, 0.25) is 0 Å². The van der Waals surface area contributed by atoms with Gasteiger partial charge in [0.25, 0.3) is 0 Å². The zero-order valence-electron chi connectivity index (χ0n) is 11.4. The van der Waals surface area contributed by atoms with Crippen molar-refractivity contribution in [2.24, 2.45) is 5.73 Å². The van der Waals surface area contributed by atoms with Crippen molar-refractivity contribution in [2.75, 3.05) is 7.11 Å². The standard InChI is InChI=1S/C14H20N4O/c1-3-8-18-14(16-10-17-18)9-13(15)11-4-6-12(19-2)7-5-11/h4-7,10,13H,3,8-9,15H2,1-2H3. The number of nitrogens with zero attached hydrogens (tertiary/aromatic N) is 3.